The van der Waals surface area contributed by atoms with E-state index in [1.807, 2.05) is 6.20 Å². The fourth-order valence-corrected chi connectivity index (χ4v) is 5.29. The first-order valence-electron chi connectivity index (χ1n) is 11.0. The molecular formula is C22H29F2N5O2. The number of hydrogen-bond acceptors (Lipinski definition) is 6. The first-order valence-corrected chi connectivity index (χ1v) is 11.0. The van der Waals surface area contributed by atoms with Crippen molar-refractivity contribution in [1.82, 2.24) is 19.4 Å². The minimum absolute atomic E-state index is 0.0579. The summed E-state index contributed by atoms with van der Waals surface area (Å²) in [5, 5.41) is 0. The second-order valence-electron chi connectivity index (χ2n) is 9.15. The summed E-state index contributed by atoms with van der Waals surface area (Å²) in [6.45, 7) is 5.29. The number of ether oxygens (including phenoxy) is 2. The minimum atomic E-state index is -2.95. The third-order valence-corrected chi connectivity index (χ3v) is 6.88. The average molecular weight is 434 g/mol. The lowest BCUT2D eigenvalue weighted by atomic mass is 10.1. The highest BCUT2D eigenvalue weighted by Crippen LogP contribution is 2.57. The standard InChI is InChI=1S/C22H29F2N5O2/c1-12(2)21-27-17(13-7-18(31-22(23)24)20(25)26-8-13)11-29(21)19-15-9-28(10-16(15)19)14-3-5-30-6-4-14/h7-8,11-12,14-16,19,22H,3-6,9-10H2,1-2H3,(H2,25,26). The van der Waals surface area contributed by atoms with Gasteiger partial charge in [-0.1, -0.05) is 13.8 Å². The van der Waals surface area contributed by atoms with E-state index in [4.69, 9.17) is 15.5 Å². The maximum atomic E-state index is 12.7. The summed E-state index contributed by atoms with van der Waals surface area (Å²) in [5.41, 5.74) is 7.02. The molecule has 3 aliphatic rings. The number of aromatic nitrogens is 3. The van der Waals surface area contributed by atoms with Gasteiger partial charge in [0.2, 0.25) is 0 Å². The maximum absolute atomic E-state index is 12.7. The van der Waals surface area contributed by atoms with Crippen molar-refractivity contribution in [3.8, 4) is 17.0 Å². The van der Waals surface area contributed by atoms with Gasteiger partial charge in [-0.3, -0.25) is 4.90 Å². The molecule has 2 aromatic rings. The lowest BCUT2D eigenvalue weighted by molar-refractivity contribution is -0.0494. The number of fused-ring (bicyclic) bond motifs is 1. The Morgan fingerprint density at radius 2 is 1.90 bits per heavy atom. The number of nitrogens with zero attached hydrogens (tertiary/aromatic N) is 4. The molecule has 168 valence electrons. The van der Waals surface area contributed by atoms with Crippen molar-refractivity contribution in [3.63, 3.8) is 0 Å². The van der Waals surface area contributed by atoms with E-state index in [0.29, 0.717) is 35.2 Å². The lowest BCUT2D eigenvalue weighted by Crippen LogP contribution is -2.39. The number of anilines is 1. The van der Waals surface area contributed by atoms with Gasteiger partial charge in [-0.05, 0) is 30.7 Å². The first kappa shape index (κ1) is 20.6. The number of hydrogen-bond donors (Lipinski definition) is 1. The van der Waals surface area contributed by atoms with E-state index in [2.05, 4.69) is 33.0 Å². The highest BCUT2D eigenvalue weighted by Gasteiger charge is 2.58. The summed E-state index contributed by atoms with van der Waals surface area (Å²) in [6, 6.07) is 2.60. The highest BCUT2D eigenvalue weighted by molar-refractivity contribution is 5.64. The molecule has 4 heterocycles. The van der Waals surface area contributed by atoms with E-state index >= 15 is 0 Å². The Kier molecular flexibility index (Phi) is 5.34. The molecule has 2 aliphatic heterocycles. The second-order valence-corrected chi connectivity index (χ2v) is 9.15. The van der Waals surface area contributed by atoms with Crippen LogP contribution in [0.3, 0.4) is 0 Å². The van der Waals surface area contributed by atoms with Crippen LogP contribution < -0.4 is 10.5 Å². The molecular weight excluding hydrogens is 404 g/mol. The molecule has 2 unspecified atom stereocenters. The van der Waals surface area contributed by atoms with Gasteiger partial charge >= 0.3 is 6.61 Å². The number of piperidine rings is 1. The molecule has 0 aromatic carbocycles. The van der Waals surface area contributed by atoms with E-state index in [9.17, 15) is 8.78 Å². The summed E-state index contributed by atoms with van der Waals surface area (Å²) in [6.07, 6.45) is 5.86. The number of rotatable bonds is 6. The minimum Gasteiger partial charge on any atom is -0.431 e. The monoisotopic (exact) mass is 433 g/mol. The quantitative estimate of drug-likeness (QED) is 0.751. The Labute approximate surface area is 180 Å². The number of likely N-dealkylation sites (tertiary alicyclic amines) is 1. The average Bonchev–Trinajstić information content (AvgIpc) is 3.10. The predicted octanol–water partition coefficient (Wildman–Crippen LogP) is 3.53. The van der Waals surface area contributed by atoms with Crippen molar-refractivity contribution in [1.29, 1.82) is 0 Å². The van der Waals surface area contributed by atoms with Gasteiger partial charge in [0.15, 0.2) is 11.6 Å². The van der Waals surface area contributed by atoms with Crippen LogP contribution in [-0.4, -0.2) is 58.4 Å². The summed E-state index contributed by atoms with van der Waals surface area (Å²) in [5.74, 6) is 2.37. The predicted molar refractivity (Wildman–Crippen MR) is 112 cm³/mol. The number of pyridine rings is 1. The Bertz CT molecular complexity index is 932. The first-order chi connectivity index (χ1) is 14.9. The Morgan fingerprint density at radius 1 is 1.19 bits per heavy atom. The third kappa shape index (κ3) is 3.89. The molecule has 1 saturated carbocycles. The zero-order valence-corrected chi connectivity index (χ0v) is 17.9. The second kappa shape index (κ2) is 8.02. The van der Waals surface area contributed by atoms with Crippen molar-refractivity contribution >= 4 is 5.82 Å². The van der Waals surface area contributed by atoms with Gasteiger partial charge in [0.25, 0.3) is 0 Å². The molecule has 31 heavy (non-hydrogen) atoms. The van der Waals surface area contributed by atoms with Crippen molar-refractivity contribution in [2.45, 2.75) is 51.3 Å². The van der Waals surface area contributed by atoms with Crippen LogP contribution in [0, 0.1) is 11.8 Å². The fraction of sp³-hybridized carbons (Fsp3) is 0.636. The largest absolute Gasteiger partial charge is 0.431 e. The van der Waals surface area contributed by atoms with Gasteiger partial charge in [-0.2, -0.15) is 8.78 Å². The van der Waals surface area contributed by atoms with E-state index in [1.165, 1.54) is 6.07 Å². The normalized spacial score (nSPS) is 26.6. The SMILES string of the molecule is CC(C)c1nc(-c2cnc(N)c(OC(F)F)c2)cn1C1C2CN(C3CCOCC3)CC21. The Hall–Kier alpha value is -2.26. The molecule has 2 saturated heterocycles. The van der Waals surface area contributed by atoms with Crippen LogP contribution in [-0.2, 0) is 4.74 Å². The summed E-state index contributed by atoms with van der Waals surface area (Å²) in [7, 11) is 0. The van der Waals surface area contributed by atoms with E-state index in [-0.39, 0.29) is 17.5 Å². The number of nitrogens with two attached hydrogens (primary N) is 1. The summed E-state index contributed by atoms with van der Waals surface area (Å²) < 4.78 is 37.7. The van der Waals surface area contributed by atoms with Gasteiger partial charge in [-0.25, -0.2) is 9.97 Å². The lowest BCUT2D eigenvalue weighted by Gasteiger charge is -2.32. The summed E-state index contributed by atoms with van der Waals surface area (Å²) >= 11 is 0. The Balaban J connectivity index is 1.36. The van der Waals surface area contributed by atoms with Gasteiger partial charge < -0.3 is 19.8 Å². The van der Waals surface area contributed by atoms with E-state index in [1.54, 1.807) is 6.20 Å². The zero-order valence-electron chi connectivity index (χ0n) is 17.9. The van der Waals surface area contributed by atoms with Gasteiger partial charge in [0.1, 0.15) is 5.82 Å². The number of nitrogen functional groups attached to an aromatic ring is 1. The summed E-state index contributed by atoms with van der Waals surface area (Å²) in [4.78, 5) is 11.5. The highest BCUT2D eigenvalue weighted by atomic mass is 19.3. The fourth-order valence-electron chi connectivity index (χ4n) is 5.29. The van der Waals surface area contributed by atoms with Crippen LogP contribution in [0.25, 0.3) is 11.3 Å². The van der Waals surface area contributed by atoms with Crippen LogP contribution in [0.2, 0.25) is 0 Å². The molecule has 0 amide bonds. The smallest absolute Gasteiger partial charge is 0.387 e. The van der Waals surface area contributed by atoms with Gasteiger partial charge in [0, 0.05) is 62.3 Å². The molecule has 2 N–H and O–H groups in total. The van der Waals surface area contributed by atoms with Crippen LogP contribution in [0.4, 0.5) is 14.6 Å². The molecule has 0 radical (unpaired) electrons. The molecule has 3 fully saturated rings. The van der Waals surface area contributed by atoms with E-state index in [0.717, 1.165) is 45.0 Å². The molecule has 7 nitrogen and oxygen atoms in total. The van der Waals surface area contributed by atoms with Crippen LogP contribution in [0.5, 0.6) is 5.75 Å². The molecule has 2 aromatic heterocycles. The Morgan fingerprint density at radius 3 is 2.55 bits per heavy atom. The maximum Gasteiger partial charge on any atom is 0.387 e. The van der Waals surface area contributed by atoms with Gasteiger partial charge in [0.05, 0.1) is 5.69 Å². The molecule has 1 aliphatic carbocycles. The molecule has 0 spiro atoms. The van der Waals surface area contributed by atoms with Crippen LogP contribution in [0.15, 0.2) is 18.5 Å². The molecule has 5 rings (SSSR count). The molecule has 0 bridgehead atoms. The molecule has 9 heteroatoms. The van der Waals surface area contributed by atoms with Crippen LogP contribution in [0.1, 0.15) is 44.5 Å². The third-order valence-electron chi connectivity index (χ3n) is 6.88. The van der Waals surface area contributed by atoms with Crippen molar-refractivity contribution in [2.24, 2.45) is 11.8 Å². The molecule has 2 atom stereocenters. The van der Waals surface area contributed by atoms with Crippen molar-refractivity contribution in [3.05, 3.63) is 24.3 Å². The zero-order chi connectivity index (χ0) is 21.7. The van der Waals surface area contributed by atoms with Crippen LogP contribution >= 0.6 is 0 Å². The number of halogens is 2. The van der Waals surface area contributed by atoms with E-state index < -0.39 is 6.61 Å². The van der Waals surface area contributed by atoms with Gasteiger partial charge in [-0.15, -0.1) is 0 Å². The topological polar surface area (TPSA) is 78.4 Å². The number of alkyl halides is 2. The van der Waals surface area contributed by atoms with Crippen molar-refractivity contribution in [2.75, 3.05) is 32.0 Å². The number of imidazole rings is 1. The van der Waals surface area contributed by atoms with Crippen molar-refractivity contribution < 1.29 is 18.3 Å².